The van der Waals surface area contributed by atoms with Gasteiger partial charge in [0.15, 0.2) is 0 Å². The predicted molar refractivity (Wildman–Crippen MR) is 104 cm³/mol. The van der Waals surface area contributed by atoms with Crippen LogP contribution in [0.2, 0.25) is 0 Å². The molecule has 3 aliphatic rings. The second-order valence-corrected chi connectivity index (χ2v) is 9.26. The molecule has 3 atom stereocenters. The Labute approximate surface area is 161 Å². The standard InChI is InChI=1S/C21H31N3O3/c1-20(27)11-16-3-2-6-21(12-16,15-20)13-19(26)24-9-7-23(8-10-24)18-5-4-17(25)14-22-18/h4-5,14,16,25,27H,2-3,6-13,15H2,1H3. The van der Waals surface area contributed by atoms with Gasteiger partial charge in [0.05, 0.1) is 11.8 Å². The molecule has 3 unspecified atom stereocenters. The summed E-state index contributed by atoms with van der Waals surface area (Å²) in [5.74, 6) is 1.83. The molecule has 1 aromatic rings. The van der Waals surface area contributed by atoms with E-state index in [1.165, 1.54) is 19.0 Å². The Morgan fingerprint density at radius 2 is 2.04 bits per heavy atom. The van der Waals surface area contributed by atoms with Gasteiger partial charge < -0.3 is 20.0 Å². The van der Waals surface area contributed by atoms with Crippen LogP contribution in [0.15, 0.2) is 18.3 Å². The number of anilines is 1. The molecule has 2 aliphatic carbocycles. The molecule has 4 rings (SSSR count). The van der Waals surface area contributed by atoms with Crippen LogP contribution in [-0.2, 0) is 4.79 Å². The molecule has 0 aromatic carbocycles. The monoisotopic (exact) mass is 373 g/mol. The van der Waals surface area contributed by atoms with E-state index in [0.29, 0.717) is 25.4 Å². The number of carbonyl (C=O) groups is 1. The molecule has 2 N–H and O–H groups in total. The lowest BCUT2D eigenvalue weighted by molar-refractivity contribution is -0.140. The second kappa shape index (κ2) is 6.97. The molecule has 2 bridgehead atoms. The summed E-state index contributed by atoms with van der Waals surface area (Å²) in [5.41, 5.74) is -0.621. The number of hydrogen-bond donors (Lipinski definition) is 2. The van der Waals surface area contributed by atoms with E-state index < -0.39 is 5.60 Å². The minimum absolute atomic E-state index is 0.00258. The van der Waals surface area contributed by atoms with Crippen LogP contribution >= 0.6 is 0 Å². The van der Waals surface area contributed by atoms with Crippen LogP contribution in [-0.4, -0.2) is 57.8 Å². The van der Waals surface area contributed by atoms with Crippen molar-refractivity contribution in [3.05, 3.63) is 18.3 Å². The van der Waals surface area contributed by atoms with Gasteiger partial charge in [0.1, 0.15) is 11.6 Å². The zero-order valence-electron chi connectivity index (χ0n) is 16.2. The molecule has 3 fully saturated rings. The maximum atomic E-state index is 13.0. The van der Waals surface area contributed by atoms with E-state index in [2.05, 4.69) is 9.88 Å². The SMILES string of the molecule is CC1(O)CC2CCCC(CC(=O)N3CCN(c4ccc(O)cn4)CC3)(C2)C1. The normalized spacial score (nSPS) is 33.8. The van der Waals surface area contributed by atoms with Gasteiger partial charge in [-0.1, -0.05) is 12.8 Å². The molecular weight excluding hydrogens is 342 g/mol. The highest BCUT2D eigenvalue weighted by molar-refractivity contribution is 5.77. The maximum Gasteiger partial charge on any atom is 0.223 e. The minimum atomic E-state index is -0.618. The first kappa shape index (κ1) is 18.5. The first-order valence-electron chi connectivity index (χ1n) is 10.2. The fraction of sp³-hybridized carbons (Fsp3) is 0.714. The predicted octanol–water partition coefficient (Wildman–Crippen LogP) is 2.55. The molecule has 148 valence electrons. The van der Waals surface area contributed by atoms with Gasteiger partial charge >= 0.3 is 0 Å². The topological polar surface area (TPSA) is 76.9 Å². The molecule has 1 amide bonds. The summed E-state index contributed by atoms with van der Waals surface area (Å²) in [6.45, 7) is 4.88. The largest absolute Gasteiger partial charge is 0.506 e. The molecule has 6 heteroatoms. The van der Waals surface area contributed by atoms with Crippen molar-refractivity contribution in [1.29, 1.82) is 0 Å². The van der Waals surface area contributed by atoms with Gasteiger partial charge in [0, 0.05) is 32.6 Å². The van der Waals surface area contributed by atoms with Gasteiger partial charge in [0.2, 0.25) is 5.91 Å². The van der Waals surface area contributed by atoms with E-state index >= 15 is 0 Å². The minimum Gasteiger partial charge on any atom is -0.506 e. The van der Waals surface area contributed by atoms with E-state index in [0.717, 1.165) is 44.6 Å². The third-order valence-electron chi connectivity index (χ3n) is 6.74. The number of carbonyl (C=O) groups excluding carboxylic acids is 1. The molecule has 6 nitrogen and oxygen atoms in total. The van der Waals surface area contributed by atoms with Gasteiger partial charge in [-0.15, -0.1) is 0 Å². The number of aliphatic hydroxyl groups is 1. The van der Waals surface area contributed by atoms with E-state index in [1.807, 2.05) is 17.9 Å². The van der Waals surface area contributed by atoms with Crippen molar-refractivity contribution in [3.8, 4) is 5.75 Å². The van der Waals surface area contributed by atoms with Gasteiger partial charge in [-0.25, -0.2) is 4.98 Å². The van der Waals surface area contributed by atoms with Gasteiger partial charge in [-0.3, -0.25) is 4.79 Å². The summed E-state index contributed by atoms with van der Waals surface area (Å²) < 4.78 is 0. The van der Waals surface area contributed by atoms with E-state index in [-0.39, 0.29) is 17.1 Å². The Morgan fingerprint density at radius 1 is 1.26 bits per heavy atom. The fourth-order valence-electron chi connectivity index (χ4n) is 5.82. The maximum absolute atomic E-state index is 13.0. The number of nitrogens with zero attached hydrogens (tertiary/aromatic N) is 3. The van der Waals surface area contributed by atoms with Crippen molar-refractivity contribution in [2.45, 2.75) is 57.5 Å². The summed E-state index contributed by atoms with van der Waals surface area (Å²) in [5, 5.41) is 20.1. The van der Waals surface area contributed by atoms with Crippen molar-refractivity contribution in [2.75, 3.05) is 31.1 Å². The average molecular weight is 373 g/mol. The summed E-state index contributed by atoms with van der Waals surface area (Å²) in [6, 6.07) is 3.46. The van der Waals surface area contributed by atoms with Crippen LogP contribution in [0.4, 0.5) is 5.82 Å². The highest BCUT2D eigenvalue weighted by atomic mass is 16.3. The number of amides is 1. The first-order valence-corrected chi connectivity index (χ1v) is 10.2. The Morgan fingerprint density at radius 3 is 2.74 bits per heavy atom. The molecule has 1 aromatic heterocycles. The number of aromatic nitrogens is 1. The van der Waals surface area contributed by atoms with Crippen LogP contribution in [0.1, 0.15) is 51.9 Å². The van der Waals surface area contributed by atoms with Crippen molar-refractivity contribution in [3.63, 3.8) is 0 Å². The number of piperazine rings is 1. The third kappa shape index (κ3) is 4.05. The second-order valence-electron chi connectivity index (χ2n) is 9.26. The highest BCUT2D eigenvalue weighted by Gasteiger charge is 2.48. The van der Waals surface area contributed by atoms with Crippen LogP contribution in [0.5, 0.6) is 5.75 Å². The summed E-state index contributed by atoms with van der Waals surface area (Å²) >= 11 is 0. The Balaban J connectivity index is 1.36. The summed E-state index contributed by atoms with van der Waals surface area (Å²) in [6.07, 6.45) is 8.26. The first-order chi connectivity index (χ1) is 12.8. The number of hydrogen-bond acceptors (Lipinski definition) is 5. The lowest BCUT2D eigenvalue weighted by Crippen LogP contribution is -2.52. The highest BCUT2D eigenvalue weighted by Crippen LogP contribution is 2.54. The number of rotatable bonds is 3. The molecule has 2 heterocycles. The quantitative estimate of drug-likeness (QED) is 0.851. The molecule has 0 spiro atoms. The lowest BCUT2D eigenvalue weighted by Gasteiger charge is -2.51. The smallest absolute Gasteiger partial charge is 0.223 e. The van der Waals surface area contributed by atoms with Gasteiger partial charge in [0.25, 0.3) is 0 Å². The van der Waals surface area contributed by atoms with Crippen LogP contribution in [0, 0.1) is 11.3 Å². The zero-order valence-corrected chi connectivity index (χ0v) is 16.2. The lowest BCUT2D eigenvalue weighted by atomic mass is 9.56. The van der Waals surface area contributed by atoms with E-state index in [1.54, 1.807) is 6.07 Å². The summed E-state index contributed by atoms with van der Waals surface area (Å²) in [7, 11) is 0. The Hall–Kier alpha value is -1.82. The van der Waals surface area contributed by atoms with E-state index in [9.17, 15) is 15.0 Å². The van der Waals surface area contributed by atoms with Crippen molar-refractivity contribution >= 4 is 11.7 Å². The molecular formula is C21H31N3O3. The molecule has 27 heavy (non-hydrogen) atoms. The van der Waals surface area contributed by atoms with Crippen molar-refractivity contribution in [1.82, 2.24) is 9.88 Å². The van der Waals surface area contributed by atoms with Gasteiger partial charge in [-0.05, 0) is 56.1 Å². The Kier molecular flexibility index (Phi) is 4.78. The number of pyridine rings is 1. The third-order valence-corrected chi connectivity index (χ3v) is 6.74. The Bertz CT molecular complexity index is 682. The number of fused-ring (bicyclic) bond motifs is 2. The van der Waals surface area contributed by atoms with Crippen molar-refractivity contribution < 1.29 is 15.0 Å². The zero-order chi connectivity index (χ0) is 19.1. The van der Waals surface area contributed by atoms with Gasteiger partial charge in [-0.2, -0.15) is 0 Å². The van der Waals surface area contributed by atoms with Crippen LogP contribution in [0.25, 0.3) is 0 Å². The molecule has 1 aliphatic heterocycles. The average Bonchev–Trinajstić information content (AvgIpc) is 2.61. The van der Waals surface area contributed by atoms with Crippen LogP contribution < -0.4 is 4.90 Å². The molecule has 0 radical (unpaired) electrons. The summed E-state index contributed by atoms with van der Waals surface area (Å²) in [4.78, 5) is 21.4. The molecule has 2 saturated carbocycles. The van der Waals surface area contributed by atoms with Crippen LogP contribution in [0.3, 0.4) is 0 Å². The fourth-order valence-corrected chi connectivity index (χ4v) is 5.82. The number of aromatic hydroxyl groups is 1. The van der Waals surface area contributed by atoms with Crippen molar-refractivity contribution in [2.24, 2.45) is 11.3 Å². The molecule has 1 saturated heterocycles. The van der Waals surface area contributed by atoms with E-state index in [4.69, 9.17) is 0 Å².